The van der Waals surface area contributed by atoms with Crippen molar-refractivity contribution in [1.29, 1.82) is 5.26 Å². The number of ether oxygens (including phenoxy) is 3. The molecule has 35 heavy (non-hydrogen) atoms. The average Bonchev–Trinajstić information content (AvgIpc) is 3.28. The van der Waals surface area contributed by atoms with Crippen LogP contribution in [-0.2, 0) is 9.53 Å². The van der Waals surface area contributed by atoms with Gasteiger partial charge in [-0.3, -0.25) is 4.79 Å². The molecule has 1 heterocycles. The highest BCUT2D eigenvalue weighted by Gasteiger charge is 2.28. The molecule has 0 amide bonds. The van der Waals surface area contributed by atoms with Crippen molar-refractivity contribution in [2.75, 3.05) is 13.7 Å². The van der Waals surface area contributed by atoms with Crippen LogP contribution in [0.5, 0.6) is 11.5 Å². The molecular weight excluding hydrogens is 445 g/mol. The van der Waals surface area contributed by atoms with Crippen LogP contribution in [0.25, 0.3) is 5.57 Å². The van der Waals surface area contributed by atoms with Gasteiger partial charge in [0.05, 0.1) is 31.8 Å². The number of allylic oxidation sites excluding steroid dienone is 3. The van der Waals surface area contributed by atoms with Crippen LogP contribution in [-0.4, -0.2) is 25.8 Å². The Labute approximate surface area is 205 Å². The molecular formula is C29H28FNO4. The summed E-state index contributed by atoms with van der Waals surface area (Å²) in [7, 11) is 1.37. The number of methoxy groups -OCH3 is 1. The lowest BCUT2D eigenvalue weighted by atomic mass is 9.93. The fourth-order valence-electron chi connectivity index (χ4n) is 4.58. The lowest BCUT2D eigenvalue weighted by Gasteiger charge is -2.21. The predicted molar refractivity (Wildman–Crippen MR) is 132 cm³/mol. The lowest BCUT2D eigenvalue weighted by molar-refractivity contribution is -0.141. The van der Waals surface area contributed by atoms with Crippen molar-refractivity contribution in [3.63, 3.8) is 0 Å². The zero-order valence-corrected chi connectivity index (χ0v) is 20.0. The van der Waals surface area contributed by atoms with Gasteiger partial charge in [-0.05, 0) is 61.1 Å². The van der Waals surface area contributed by atoms with Crippen LogP contribution in [0, 0.1) is 18.3 Å². The van der Waals surface area contributed by atoms with Gasteiger partial charge in [-0.15, -0.1) is 0 Å². The molecule has 0 bridgehead atoms. The molecule has 0 radical (unpaired) electrons. The fraction of sp³-hybridized carbons (Fsp3) is 0.310. The van der Waals surface area contributed by atoms with Gasteiger partial charge in [0.25, 0.3) is 0 Å². The normalized spacial score (nSPS) is 22.6. The number of hydrogen-bond acceptors (Lipinski definition) is 5. The largest absolute Gasteiger partial charge is 0.492 e. The van der Waals surface area contributed by atoms with Crippen molar-refractivity contribution in [3.05, 3.63) is 88.8 Å². The summed E-state index contributed by atoms with van der Waals surface area (Å²) in [6.07, 6.45) is 4.99. The summed E-state index contributed by atoms with van der Waals surface area (Å²) < 4.78 is 31.7. The molecule has 0 saturated carbocycles. The third-order valence-electron chi connectivity index (χ3n) is 6.62. The van der Waals surface area contributed by atoms with Gasteiger partial charge in [-0.25, -0.2) is 4.39 Å². The molecule has 2 aliphatic rings. The Hall–Kier alpha value is -3.85. The first-order valence-corrected chi connectivity index (χ1v) is 11.7. The second-order valence-electron chi connectivity index (χ2n) is 8.81. The Morgan fingerprint density at radius 3 is 2.89 bits per heavy atom. The van der Waals surface area contributed by atoms with Gasteiger partial charge in [0.1, 0.15) is 23.4 Å². The SMILES string of the molecule is C=C1/C(F)=C\C=C(\c2cccc(C#N)c2C)CCC[C@H]1Oc1ccc2c(c1)OC[C@H]2CC(=O)OC. The van der Waals surface area contributed by atoms with E-state index < -0.39 is 11.9 Å². The van der Waals surface area contributed by atoms with E-state index >= 15 is 4.39 Å². The summed E-state index contributed by atoms with van der Waals surface area (Å²) in [6.45, 7) is 6.28. The molecule has 0 N–H and O–H groups in total. The highest BCUT2D eigenvalue weighted by Crippen LogP contribution is 2.39. The highest BCUT2D eigenvalue weighted by atomic mass is 19.1. The van der Waals surface area contributed by atoms with Crippen LogP contribution in [0.3, 0.4) is 0 Å². The maximum absolute atomic E-state index is 15.0. The summed E-state index contributed by atoms with van der Waals surface area (Å²) in [5.41, 5.74) is 4.66. The molecule has 0 aromatic heterocycles. The minimum atomic E-state index is -0.532. The van der Waals surface area contributed by atoms with Crippen LogP contribution < -0.4 is 9.47 Å². The van der Waals surface area contributed by atoms with E-state index in [1.807, 2.05) is 31.2 Å². The number of carbonyl (C=O) groups is 1. The Balaban J connectivity index is 1.49. The maximum Gasteiger partial charge on any atom is 0.306 e. The third-order valence-corrected chi connectivity index (χ3v) is 6.62. The number of fused-ring (bicyclic) bond motifs is 1. The van der Waals surface area contributed by atoms with Gasteiger partial charge in [0, 0.05) is 23.1 Å². The summed E-state index contributed by atoms with van der Waals surface area (Å²) in [4.78, 5) is 11.7. The number of esters is 1. The van der Waals surface area contributed by atoms with Crippen LogP contribution in [0.2, 0.25) is 0 Å². The van der Waals surface area contributed by atoms with Crippen molar-refractivity contribution in [2.45, 2.75) is 44.6 Å². The van der Waals surface area contributed by atoms with Crippen molar-refractivity contribution in [3.8, 4) is 17.6 Å². The summed E-state index contributed by atoms with van der Waals surface area (Å²) in [5, 5.41) is 9.36. The topological polar surface area (TPSA) is 68.5 Å². The number of nitrogens with zero attached hydrogens (tertiary/aromatic N) is 1. The van der Waals surface area contributed by atoms with Crippen LogP contribution in [0.15, 0.2) is 66.5 Å². The summed E-state index contributed by atoms with van der Waals surface area (Å²) in [6, 6.07) is 13.3. The standard InChI is InChI=1S/C29H28FNO4/c1-18-21(16-31)7-4-8-24(18)20-6-5-9-27(19(2)26(30)13-10-20)35-23-11-12-25-22(14-29(32)33-3)17-34-28(25)15-23/h4,7-8,10-13,15,22,27H,2,5-6,9,14,17H2,1,3H3/b20-10+,26-13+/t22-,27-/m1/s1. The van der Waals surface area contributed by atoms with E-state index in [2.05, 4.69) is 12.6 Å². The van der Waals surface area contributed by atoms with Crippen molar-refractivity contribution < 1.29 is 23.4 Å². The minimum absolute atomic E-state index is 0.0563. The number of halogens is 1. The third kappa shape index (κ3) is 5.30. The van der Waals surface area contributed by atoms with Crippen molar-refractivity contribution >= 4 is 11.5 Å². The van der Waals surface area contributed by atoms with E-state index in [-0.39, 0.29) is 23.9 Å². The zero-order valence-electron chi connectivity index (χ0n) is 20.0. The number of hydrogen-bond donors (Lipinski definition) is 0. The molecule has 0 spiro atoms. The first-order chi connectivity index (χ1) is 16.9. The molecule has 0 unspecified atom stereocenters. The van der Waals surface area contributed by atoms with E-state index in [9.17, 15) is 10.1 Å². The summed E-state index contributed by atoms with van der Waals surface area (Å²) >= 11 is 0. The number of rotatable bonds is 5. The van der Waals surface area contributed by atoms with E-state index in [1.165, 1.54) is 13.2 Å². The second kappa shape index (κ2) is 10.6. The minimum Gasteiger partial charge on any atom is -0.492 e. The first kappa shape index (κ1) is 24.3. The van der Waals surface area contributed by atoms with Gasteiger partial charge < -0.3 is 14.2 Å². The maximum atomic E-state index is 15.0. The highest BCUT2D eigenvalue weighted by molar-refractivity contribution is 5.72. The fourth-order valence-corrected chi connectivity index (χ4v) is 4.58. The molecule has 180 valence electrons. The Kier molecular flexibility index (Phi) is 7.36. The van der Waals surface area contributed by atoms with E-state index in [0.717, 1.165) is 35.1 Å². The predicted octanol–water partition coefficient (Wildman–Crippen LogP) is 6.33. The van der Waals surface area contributed by atoms with E-state index in [1.54, 1.807) is 18.2 Å². The molecule has 6 heteroatoms. The smallest absolute Gasteiger partial charge is 0.306 e. The molecule has 0 fully saturated rings. The average molecular weight is 474 g/mol. The zero-order chi connectivity index (χ0) is 24.9. The van der Waals surface area contributed by atoms with Crippen molar-refractivity contribution in [1.82, 2.24) is 0 Å². The Bertz CT molecular complexity index is 1250. The van der Waals surface area contributed by atoms with E-state index in [4.69, 9.17) is 14.2 Å². The van der Waals surface area contributed by atoms with Crippen molar-refractivity contribution in [2.24, 2.45) is 0 Å². The molecule has 1 aliphatic heterocycles. The monoisotopic (exact) mass is 473 g/mol. The Morgan fingerprint density at radius 1 is 1.29 bits per heavy atom. The van der Waals surface area contributed by atoms with Gasteiger partial charge in [0.15, 0.2) is 0 Å². The quantitative estimate of drug-likeness (QED) is 0.475. The lowest BCUT2D eigenvalue weighted by Crippen LogP contribution is -2.19. The van der Waals surface area contributed by atoms with Gasteiger partial charge in [-0.2, -0.15) is 5.26 Å². The second-order valence-corrected chi connectivity index (χ2v) is 8.81. The molecule has 2 aromatic rings. The first-order valence-electron chi connectivity index (χ1n) is 11.7. The summed E-state index contributed by atoms with van der Waals surface area (Å²) in [5.74, 6) is 0.459. The van der Waals surface area contributed by atoms with Crippen LogP contribution in [0.1, 0.15) is 53.9 Å². The number of benzene rings is 2. The molecule has 5 nitrogen and oxygen atoms in total. The molecule has 1 aliphatic carbocycles. The van der Waals surface area contributed by atoms with Gasteiger partial charge >= 0.3 is 5.97 Å². The van der Waals surface area contributed by atoms with E-state index in [0.29, 0.717) is 30.1 Å². The van der Waals surface area contributed by atoms with Crippen LogP contribution in [0.4, 0.5) is 4.39 Å². The van der Waals surface area contributed by atoms with Crippen LogP contribution >= 0.6 is 0 Å². The Morgan fingerprint density at radius 2 is 2.11 bits per heavy atom. The number of nitriles is 1. The number of carbonyl (C=O) groups excluding carboxylic acids is 1. The molecule has 0 saturated heterocycles. The molecule has 4 rings (SSSR count). The molecule has 2 atom stereocenters. The van der Waals surface area contributed by atoms with Gasteiger partial charge in [-0.1, -0.05) is 30.9 Å². The molecule has 2 aromatic carbocycles. The van der Waals surface area contributed by atoms with Gasteiger partial charge in [0.2, 0.25) is 0 Å².